The summed E-state index contributed by atoms with van der Waals surface area (Å²) < 4.78 is 0. The molecule has 0 aromatic rings. The molecule has 1 heterocycles. The molecule has 0 bridgehead atoms. The van der Waals surface area contributed by atoms with Gasteiger partial charge in [0.2, 0.25) is 0 Å². The molecule has 0 N–H and O–H groups in total. The molecule has 0 spiro atoms. The van der Waals surface area contributed by atoms with E-state index in [9.17, 15) is 4.79 Å². The lowest BCUT2D eigenvalue weighted by Crippen LogP contribution is -2.30. The number of hydrogen-bond donors (Lipinski definition) is 0. The quantitative estimate of drug-likeness (QED) is 0.630. The number of nitrogens with zero attached hydrogens (tertiary/aromatic N) is 1. The predicted octanol–water partition coefficient (Wildman–Crippen LogP) is 2.23. The van der Waals surface area contributed by atoms with Gasteiger partial charge in [0, 0.05) is 18.9 Å². The van der Waals surface area contributed by atoms with Crippen LogP contribution >= 0.6 is 0 Å². The topological polar surface area (TPSA) is 20.3 Å². The van der Waals surface area contributed by atoms with Crippen molar-refractivity contribution in [2.24, 2.45) is 5.92 Å². The Morgan fingerprint density at radius 1 is 1.07 bits per heavy atom. The molecule has 14 heavy (non-hydrogen) atoms. The van der Waals surface area contributed by atoms with E-state index in [4.69, 9.17) is 0 Å². The monoisotopic (exact) mass is 195 g/mol. The highest BCUT2D eigenvalue weighted by atomic mass is 16.1. The molecule has 2 heteroatoms. The second-order valence-corrected chi connectivity index (χ2v) is 4.77. The summed E-state index contributed by atoms with van der Waals surface area (Å²) >= 11 is 0. The van der Waals surface area contributed by atoms with Crippen LogP contribution in [0, 0.1) is 5.92 Å². The maximum absolute atomic E-state index is 11.8. The second kappa shape index (κ2) is 4.92. The van der Waals surface area contributed by atoms with Crippen molar-refractivity contribution in [1.29, 1.82) is 0 Å². The minimum absolute atomic E-state index is 0.371. The summed E-state index contributed by atoms with van der Waals surface area (Å²) in [5, 5.41) is 0. The van der Waals surface area contributed by atoms with E-state index in [1.165, 1.54) is 38.8 Å². The Morgan fingerprint density at radius 3 is 2.64 bits per heavy atom. The van der Waals surface area contributed by atoms with Crippen molar-refractivity contribution < 1.29 is 4.79 Å². The molecule has 0 aromatic heterocycles. The molecule has 2 fully saturated rings. The van der Waals surface area contributed by atoms with Gasteiger partial charge in [-0.1, -0.05) is 12.8 Å². The number of carbonyl (C=O) groups is 1. The zero-order valence-corrected chi connectivity index (χ0v) is 9.00. The zero-order chi connectivity index (χ0) is 9.80. The Kier molecular flexibility index (Phi) is 3.57. The largest absolute Gasteiger partial charge is 0.303 e. The van der Waals surface area contributed by atoms with Crippen molar-refractivity contribution in [2.75, 3.05) is 19.6 Å². The van der Waals surface area contributed by atoms with Crippen LogP contribution in [0.2, 0.25) is 0 Å². The van der Waals surface area contributed by atoms with Crippen molar-refractivity contribution in [1.82, 2.24) is 4.90 Å². The van der Waals surface area contributed by atoms with Crippen molar-refractivity contribution in [3.63, 3.8) is 0 Å². The summed E-state index contributed by atoms with van der Waals surface area (Å²) in [5.41, 5.74) is 0. The lowest BCUT2D eigenvalue weighted by molar-refractivity contribution is -0.123. The maximum atomic E-state index is 11.8. The third-order valence-corrected chi connectivity index (χ3v) is 3.61. The van der Waals surface area contributed by atoms with E-state index >= 15 is 0 Å². The fourth-order valence-electron chi connectivity index (χ4n) is 2.70. The van der Waals surface area contributed by atoms with Gasteiger partial charge in [0.25, 0.3) is 0 Å². The molecule has 2 nitrogen and oxygen atoms in total. The van der Waals surface area contributed by atoms with Gasteiger partial charge in [0.05, 0.1) is 0 Å². The number of likely N-dealkylation sites (tertiary alicyclic amines) is 1. The lowest BCUT2D eigenvalue weighted by Gasteiger charge is -2.20. The van der Waals surface area contributed by atoms with Crippen LogP contribution in [0.25, 0.3) is 0 Å². The van der Waals surface area contributed by atoms with Crippen molar-refractivity contribution in [3.8, 4) is 0 Å². The van der Waals surface area contributed by atoms with Crippen LogP contribution in [0.15, 0.2) is 0 Å². The molecule has 1 aliphatic heterocycles. The minimum Gasteiger partial charge on any atom is -0.303 e. The average molecular weight is 195 g/mol. The third kappa shape index (κ3) is 2.57. The Hall–Kier alpha value is -0.370. The summed E-state index contributed by atoms with van der Waals surface area (Å²) in [6.07, 6.45) is 8.33. The van der Waals surface area contributed by atoms with Crippen LogP contribution in [0.4, 0.5) is 0 Å². The summed E-state index contributed by atoms with van der Waals surface area (Å²) in [5.74, 6) is 0.907. The van der Waals surface area contributed by atoms with E-state index in [-0.39, 0.29) is 0 Å². The van der Waals surface area contributed by atoms with Gasteiger partial charge in [-0.2, -0.15) is 0 Å². The highest BCUT2D eigenvalue weighted by Crippen LogP contribution is 2.22. The highest BCUT2D eigenvalue weighted by molar-refractivity contribution is 5.81. The van der Waals surface area contributed by atoms with Crippen LogP contribution in [-0.2, 0) is 4.79 Å². The predicted molar refractivity (Wildman–Crippen MR) is 57.3 cm³/mol. The Bertz CT molecular complexity index is 196. The smallest absolute Gasteiger partial charge is 0.137 e. The number of ketones is 1. The lowest BCUT2D eigenvalue weighted by atomic mass is 9.98. The standard InChI is InChI=1S/C12H21NO/c14-12-7-3-1-2-6-11(12)10-13-8-4-5-9-13/h11H,1-10H2. The molecule has 1 saturated heterocycles. The second-order valence-electron chi connectivity index (χ2n) is 4.77. The van der Waals surface area contributed by atoms with Gasteiger partial charge in [-0.25, -0.2) is 0 Å². The van der Waals surface area contributed by atoms with Gasteiger partial charge in [0.1, 0.15) is 5.78 Å². The van der Waals surface area contributed by atoms with Crippen molar-refractivity contribution in [3.05, 3.63) is 0 Å². The SMILES string of the molecule is O=C1CCCCCC1CN1CCCC1. The normalized spacial score (nSPS) is 30.6. The van der Waals surface area contributed by atoms with Crippen LogP contribution < -0.4 is 0 Å². The fourth-order valence-corrected chi connectivity index (χ4v) is 2.70. The van der Waals surface area contributed by atoms with Crippen molar-refractivity contribution in [2.45, 2.75) is 44.9 Å². The van der Waals surface area contributed by atoms with Crippen molar-refractivity contribution >= 4 is 5.78 Å². The van der Waals surface area contributed by atoms with E-state index in [2.05, 4.69) is 4.90 Å². The van der Waals surface area contributed by atoms with Crippen LogP contribution in [0.5, 0.6) is 0 Å². The molecule has 1 unspecified atom stereocenters. The summed E-state index contributed by atoms with van der Waals surface area (Å²) in [7, 11) is 0. The Labute approximate surface area is 86.7 Å². The first-order valence-electron chi connectivity index (χ1n) is 6.11. The van der Waals surface area contributed by atoms with Gasteiger partial charge in [-0.3, -0.25) is 4.79 Å². The molecule has 0 radical (unpaired) electrons. The Balaban J connectivity index is 1.84. The van der Waals surface area contributed by atoms with Gasteiger partial charge in [0.15, 0.2) is 0 Å². The van der Waals surface area contributed by atoms with E-state index in [1.807, 2.05) is 0 Å². The molecule has 80 valence electrons. The molecule has 2 rings (SSSR count). The van der Waals surface area contributed by atoms with Gasteiger partial charge < -0.3 is 4.90 Å². The molecule has 0 aromatic carbocycles. The number of hydrogen-bond acceptors (Lipinski definition) is 2. The fraction of sp³-hybridized carbons (Fsp3) is 0.917. The van der Waals surface area contributed by atoms with Gasteiger partial charge in [-0.15, -0.1) is 0 Å². The number of carbonyl (C=O) groups excluding carboxylic acids is 1. The molecule has 1 saturated carbocycles. The first-order valence-corrected chi connectivity index (χ1v) is 6.11. The molecule has 2 aliphatic rings. The summed E-state index contributed by atoms with van der Waals surface area (Å²) in [6, 6.07) is 0. The van der Waals surface area contributed by atoms with Gasteiger partial charge >= 0.3 is 0 Å². The zero-order valence-electron chi connectivity index (χ0n) is 9.00. The summed E-state index contributed by atoms with van der Waals surface area (Å²) in [4.78, 5) is 14.3. The first-order chi connectivity index (χ1) is 6.86. The Morgan fingerprint density at radius 2 is 1.86 bits per heavy atom. The number of rotatable bonds is 2. The van der Waals surface area contributed by atoms with Gasteiger partial charge in [-0.05, 0) is 38.8 Å². The maximum Gasteiger partial charge on any atom is 0.137 e. The highest BCUT2D eigenvalue weighted by Gasteiger charge is 2.24. The van der Waals surface area contributed by atoms with Crippen LogP contribution in [-0.4, -0.2) is 30.3 Å². The third-order valence-electron chi connectivity index (χ3n) is 3.61. The molecular formula is C12H21NO. The van der Waals surface area contributed by atoms with E-state index < -0.39 is 0 Å². The van der Waals surface area contributed by atoms with Crippen LogP contribution in [0.3, 0.4) is 0 Å². The van der Waals surface area contributed by atoms with E-state index in [1.54, 1.807) is 0 Å². The molecular weight excluding hydrogens is 174 g/mol. The molecule has 1 atom stereocenters. The van der Waals surface area contributed by atoms with Crippen LogP contribution in [0.1, 0.15) is 44.9 Å². The minimum atomic E-state index is 0.371. The average Bonchev–Trinajstić information content (AvgIpc) is 2.60. The van der Waals surface area contributed by atoms with E-state index in [0.717, 1.165) is 25.8 Å². The summed E-state index contributed by atoms with van der Waals surface area (Å²) in [6.45, 7) is 3.51. The first kappa shape index (κ1) is 10.2. The molecule has 1 aliphatic carbocycles. The number of Topliss-reactive ketones (excluding diaryl/α,β-unsaturated/α-hetero) is 1. The van der Waals surface area contributed by atoms with E-state index in [0.29, 0.717) is 11.7 Å². The molecule has 0 amide bonds.